The molecule has 0 amide bonds. The first kappa shape index (κ1) is 28.4. The van der Waals surface area contributed by atoms with Crippen LogP contribution in [-0.2, 0) is 25.6 Å². The molecule has 0 aliphatic carbocycles. The van der Waals surface area contributed by atoms with Crippen LogP contribution in [0.2, 0.25) is 0 Å². The molecule has 0 heterocycles. The van der Waals surface area contributed by atoms with Crippen LogP contribution in [0.5, 0.6) is 11.5 Å². The van der Waals surface area contributed by atoms with Crippen molar-refractivity contribution in [2.24, 2.45) is 0 Å². The molecule has 0 saturated heterocycles. The SMILES string of the molecule is O=[P+]([O-])OC(CCCc1ccc(Oc2ccccc2)cc1)S(=O)(=O)[O-].[K+].[K+]. The van der Waals surface area contributed by atoms with Crippen molar-refractivity contribution in [3.05, 3.63) is 60.2 Å². The van der Waals surface area contributed by atoms with E-state index in [2.05, 4.69) is 4.52 Å². The molecule has 0 aliphatic rings. The van der Waals surface area contributed by atoms with E-state index in [0.29, 0.717) is 17.9 Å². The van der Waals surface area contributed by atoms with E-state index in [4.69, 9.17) is 4.74 Å². The second-order valence-corrected chi connectivity index (χ2v) is 7.37. The van der Waals surface area contributed by atoms with Gasteiger partial charge in [-0.1, -0.05) is 30.3 Å². The van der Waals surface area contributed by atoms with Crippen molar-refractivity contribution in [3.63, 3.8) is 0 Å². The van der Waals surface area contributed by atoms with Gasteiger partial charge >= 0.3 is 111 Å². The average Bonchev–Trinajstić information content (AvgIpc) is 2.55. The molecule has 11 heteroatoms. The smallest absolute Gasteiger partial charge is 0.746 e. The fourth-order valence-electron chi connectivity index (χ4n) is 2.17. The zero-order chi connectivity index (χ0) is 18.3. The first-order valence-corrected chi connectivity index (χ1v) is 9.99. The van der Waals surface area contributed by atoms with Crippen molar-refractivity contribution in [1.82, 2.24) is 0 Å². The van der Waals surface area contributed by atoms with Gasteiger partial charge in [0.25, 0.3) is 0 Å². The molecular weight excluding hydrogens is 445 g/mol. The number of ether oxygens (including phenoxy) is 1. The third kappa shape index (κ3) is 11.4. The van der Waals surface area contributed by atoms with Crippen molar-refractivity contribution >= 4 is 18.4 Å². The van der Waals surface area contributed by atoms with Crippen LogP contribution < -0.4 is 112 Å². The maximum Gasteiger partial charge on any atom is 1.00 e. The second-order valence-electron chi connectivity index (χ2n) is 5.20. The molecule has 0 aromatic heterocycles. The van der Waals surface area contributed by atoms with Gasteiger partial charge in [0, 0.05) is 0 Å². The Hall–Kier alpha value is 1.44. The number of para-hydroxylation sites is 1. The van der Waals surface area contributed by atoms with Crippen LogP contribution in [0, 0.1) is 0 Å². The van der Waals surface area contributed by atoms with Gasteiger partial charge in [-0.2, -0.15) is 0 Å². The molecule has 0 radical (unpaired) electrons. The van der Waals surface area contributed by atoms with E-state index in [9.17, 15) is 22.4 Å². The number of hydrogen-bond acceptors (Lipinski definition) is 7. The Bertz CT molecular complexity index is 801. The fourth-order valence-corrected chi connectivity index (χ4v) is 3.55. The molecule has 0 bridgehead atoms. The van der Waals surface area contributed by atoms with Gasteiger partial charge in [-0.3, -0.25) is 0 Å². The minimum atomic E-state index is -4.83. The standard InChI is InChI=1S/C16H17O7PS.2K/c17-24(18)23-16(25(19,20)21)8-4-5-13-9-11-15(12-10-13)22-14-6-2-1-3-7-14;;/h1-3,6-7,9-12,16H,4-5,8H2,(H,19,20,21);;/q;2*+1/p-1. The fraction of sp³-hybridized carbons (Fsp3) is 0.250. The van der Waals surface area contributed by atoms with E-state index >= 15 is 0 Å². The number of aryl methyl sites for hydroxylation is 1. The van der Waals surface area contributed by atoms with Crippen LogP contribution in [0.4, 0.5) is 0 Å². The van der Waals surface area contributed by atoms with Crippen LogP contribution in [-0.4, -0.2) is 18.4 Å². The molecule has 0 fully saturated rings. The molecular formula is C16H16K2O7PS+. The molecule has 2 aromatic rings. The molecule has 0 N–H and O–H groups in total. The molecule has 0 spiro atoms. The molecule has 0 saturated carbocycles. The Morgan fingerprint density at radius 3 is 2.04 bits per heavy atom. The summed E-state index contributed by atoms with van der Waals surface area (Å²) in [6.07, 6.45) is 0.558. The summed E-state index contributed by atoms with van der Waals surface area (Å²) in [5.74, 6) is 1.37. The zero-order valence-electron chi connectivity index (χ0n) is 15.1. The Kier molecular flexibility index (Phi) is 15.2. The predicted octanol–water partition coefficient (Wildman–Crippen LogP) is -3.28. The molecule has 27 heavy (non-hydrogen) atoms. The normalized spacial score (nSPS) is 12.3. The van der Waals surface area contributed by atoms with Crippen molar-refractivity contribution in [1.29, 1.82) is 0 Å². The van der Waals surface area contributed by atoms with Gasteiger partial charge in [0.15, 0.2) is 0 Å². The van der Waals surface area contributed by atoms with E-state index in [1.54, 1.807) is 12.1 Å². The Labute approximate surface area is 244 Å². The number of rotatable bonds is 9. The van der Waals surface area contributed by atoms with E-state index in [1.807, 2.05) is 42.5 Å². The molecule has 2 atom stereocenters. The molecule has 134 valence electrons. The first-order chi connectivity index (χ1) is 11.8. The van der Waals surface area contributed by atoms with Crippen molar-refractivity contribution in [2.75, 3.05) is 0 Å². The predicted molar refractivity (Wildman–Crippen MR) is 88.1 cm³/mol. The van der Waals surface area contributed by atoms with Gasteiger partial charge < -0.3 is 14.2 Å². The topological polar surface area (TPSA) is 116 Å². The van der Waals surface area contributed by atoms with Gasteiger partial charge in [0.05, 0.1) is 0 Å². The molecule has 0 aliphatic heterocycles. The zero-order valence-corrected chi connectivity index (χ0v) is 23.1. The van der Waals surface area contributed by atoms with Gasteiger partial charge in [-0.25, -0.2) is 8.42 Å². The van der Waals surface area contributed by atoms with Crippen LogP contribution in [0.25, 0.3) is 0 Å². The van der Waals surface area contributed by atoms with Crippen LogP contribution in [0.15, 0.2) is 54.6 Å². The molecule has 2 aromatic carbocycles. The van der Waals surface area contributed by atoms with Gasteiger partial charge in [-0.15, -0.1) is 4.52 Å². The summed E-state index contributed by atoms with van der Waals surface area (Å²) < 4.78 is 53.2. The summed E-state index contributed by atoms with van der Waals surface area (Å²) in [4.78, 5) is 10.5. The Balaban J connectivity index is 0.00000338. The van der Waals surface area contributed by atoms with Gasteiger partial charge in [0.2, 0.25) is 5.44 Å². The molecule has 7 nitrogen and oxygen atoms in total. The summed E-state index contributed by atoms with van der Waals surface area (Å²) in [5.41, 5.74) is -0.983. The Morgan fingerprint density at radius 2 is 1.52 bits per heavy atom. The van der Waals surface area contributed by atoms with Gasteiger partial charge in [-0.05, 0) is 53.7 Å². The van der Waals surface area contributed by atoms with Crippen LogP contribution in [0.1, 0.15) is 18.4 Å². The summed E-state index contributed by atoms with van der Waals surface area (Å²) >= 11 is 0. The summed E-state index contributed by atoms with van der Waals surface area (Å²) in [6, 6.07) is 16.4. The summed E-state index contributed by atoms with van der Waals surface area (Å²) in [5, 5.41) is 0. The van der Waals surface area contributed by atoms with E-state index in [1.165, 1.54) is 0 Å². The third-order valence-corrected chi connectivity index (χ3v) is 4.88. The van der Waals surface area contributed by atoms with Crippen LogP contribution >= 0.6 is 8.25 Å². The molecule has 2 rings (SSSR count). The quantitative estimate of drug-likeness (QED) is 0.218. The summed E-state index contributed by atoms with van der Waals surface area (Å²) in [7, 11) is -8.23. The largest absolute Gasteiger partial charge is 1.00 e. The molecule has 2 unspecified atom stereocenters. The third-order valence-electron chi connectivity index (χ3n) is 3.33. The second kappa shape index (κ2) is 14.4. The van der Waals surface area contributed by atoms with E-state index < -0.39 is 23.8 Å². The first-order valence-electron chi connectivity index (χ1n) is 7.42. The van der Waals surface area contributed by atoms with E-state index in [-0.39, 0.29) is 116 Å². The minimum Gasteiger partial charge on any atom is -0.746 e. The van der Waals surface area contributed by atoms with Crippen LogP contribution in [0.3, 0.4) is 0 Å². The Morgan fingerprint density at radius 1 is 0.963 bits per heavy atom. The average molecular weight is 462 g/mol. The minimum absolute atomic E-state index is 0. The van der Waals surface area contributed by atoms with Crippen molar-refractivity contribution in [3.8, 4) is 11.5 Å². The number of benzene rings is 2. The van der Waals surface area contributed by atoms with Gasteiger partial charge in [0.1, 0.15) is 21.6 Å². The number of hydrogen-bond donors (Lipinski definition) is 0. The summed E-state index contributed by atoms with van der Waals surface area (Å²) in [6.45, 7) is 0. The van der Waals surface area contributed by atoms with E-state index in [0.717, 1.165) is 5.56 Å². The maximum absolute atomic E-state index is 11.0. The van der Waals surface area contributed by atoms with Crippen molar-refractivity contribution in [2.45, 2.75) is 24.7 Å². The van der Waals surface area contributed by atoms with Crippen molar-refractivity contribution < 1.29 is 134 Å². The monoisotopic (exact) mass is 461 g/mol. The maximum atomic E-state index is 11.0.